The highest BCUT2D eigenvalue weighted by atomic mass is 16.6. The van der Waals surface area contributed by atoms with Crippen LogP contribution < -0.4 is 4.74 Å². The first kappa shape index (κ1) is 19.3. The van der Waals surface area contributed by atoms with Gasteiger partial charge in [0.15, 0.2) is 0 Å². The monoisotopic (exact) mass is 381 g/mol. The molecule has 3 aromatic rings. The molecular weight excluding hydrogens is 366 g/mol. The number of nitro benzene ring substituents is 1. The molecular formula is C23H15N3O3. The van der Waals surface area contributed by atoms with Crippen molar-refractivity contribution in [3.05, 3.63) is 105 Å². The molecule has 0 atom stereocenters. The fraction of sp³-hybridized carbons (Fsp3) is 0.0435. The lowest BCUT2D eigenvalue weighted by Gasteiger charge is -2.11. The van der Waals surface area contributed by atoms with Crippen LogP contribution in [0.5, 0.6) is 5.75 Å². The minimum atomic E-state index is -0.484. The summed E-state index contributed by atoms with van der Waals surface area (Å²) < 4.78 is 5.90. The fourth-order valence-corrected chi connectivity index (χ4v) is 2.74. The molecule has 3 aromatic carbocycles. The maximum absolute atomic E-state index is 10.8. The third-order valence-electron chi connectivity index (χ3n) is 4.25. The molecule has 6 nitrogen and oxygen atoms in total. The molecule has 0 saturated carbocycles. The summed E-state index contributed by atoms with van der Waals surface area (Å²) in [6.45, 7) is 0.216. The van der Waals surface area contributed by atoms with Gasteiger partial charge in [-0.25, -0.2) is 0 Å². The number of hydrogen-bond donors (Lipinski definition) is 0. The second-order valence-electron chi connectivity index (χ2n) is 6.07. The first-order valence-corrected chi connectivity index (χ1v) is 8.69. The van der Waals surface area contributed by atoms with Crippen LogP contribution in [0.2, 0.25) is 0 Å². The third-order valence-corrected chi connectivity index (χ3v) is 4.25. The normalized spacial score (nSPS) is 10.6. The molecule has 29 heavy (non-hydrogen) atoms. The highest BCUT2D eigenvalue weighted by Crippen LogP contribution is 2.26. The van der Waals surface area contributed by atoms with Crippen LogP contribution in [0.15, 0.2) is 72.8 Å². The van der Waals surface area contributed by atoms with Crippen LogP contribution in [0.25, 0.3) is 11.6 Å². The van der Waals surface area contributed by atoms with Crippen LogP contribution in [0.3, 0.4) is 0 Å². The lowest BCUT2D eigenvalue weighted by Crippen LogP contribution is -1.99. The molecule has 0 saturated heterocycles. The third kappa shape index (κ3) is 4.65. The van der Waals surface area contributed by atoms with E-state index in [2.05, 4.69) is 12.1 Å². The van der Waals surface area contributed by atoms with Crippen molar-refractivity contribution >= 4 is 17.3 Å². The summed E-state index contributed by atoms with van der Waals surface area (Å²) in [4.78, 5) is 10.3. The van der Waals surface area contributed by atoms with Crippen molar-refractivity contribution in [1.29, 1.82) is 10.5 Å². The molecule has 0 aliphatic carbocycles. The number of non-ortho nitro benzene ring substituents is 1. The summed E-state index contributed by atoms with van der Waals surface area (Å²) in [7, 11) is 0. The Morgan fingerprint density at radius 3 is 2.38 bits per heavy atom. The number of rotatable bonds is 6. The second-order valence-corrected chi connectivity index (χ2v) is 6.07. The van der Waals surface area contributed by atoms with Crippen LogP contribution >= 0.6 is 0 Å². The van der Waals surface area contributed by atoms with E-state index in [4.69, 9.17) is 4.74 Å². The van der Waals surface area contributed by atoms with Crippen molar-refractivity contribution in [3.63, 3.8) is 0 Å². The second kappa shape index (κ2) is 8.98. The van der Waals surface area contributed by atoms with Gasteiger partial charge >= 0.3 is 0 Å². The van der Waals surface area contributed by atoms with Crippen LogP contribution in [0.1, 0.15) is 22.3 Å². The zero-order valence-corrected chi connectivity index (χ0v) is 15.3. The van der Waals surface area contributed by atoms with E-state index in [1.807, 2.05) is 30.3 Å². The molecule has 0 aliphatic rings. The van der Waals surface area contributed by atoms with Gasteiger partial charge in [-0.1, -0.05) is 36.4 Å². The highest BCUT2D eigenvalue weighted by Gasteiger charge is 2.09. The molecule has 0 fully saturated rings. The number of hydrogen-bond acceptors (Lipinski definition) is 5. The maximum atomic E-state index is 10.8. The Balaban J connectivity index is 1.88. The maximum Gasteiger partial charge on any atom is 0.269 e. The van der Waals surface area contributed by atoms with E-state index in [9.17, 15) is 20.6 Å². The minimum absolute atomic E-state index is 0.0362. The molecule has 0 aliphatic heterocycles. The number of nitro groups is 1. The topological polar surface area (TPSA) is 99.9 Å². The van der Waals surface area contributed by atoms with Gasteiger partial charge in [-0.3, -0.25) is 10.1 Å². The van der Waals surface area contributed by atoms with E-state index >= 15 is 0 Å². The highest BCUT2D eigenvalue weighted by molar-refractivity contribution is 5.90. The van der Waals surface area contributed by atoms with Crippen molar-refractivity contribution < 1.29 is 9.66 Å². The van der Waals surface area contributed by atoms with Gasteiger partial charge in [0.1, 0.15) is 12.4 Å². The Kier molecular flexibility index (Phi) is 5.99. The molecule has 3 rings (SSSR count). The lowest BCUT2D eigenvalue weighted by atomic mass is 10.0. The van der Waals surface area contributed by atoms with Gasteiger partial charge in [0.05, 0.1) is 28.2 Å². The van der Waals surface area contributed by atoms with E-state index in [-0.39, 0.29) is 12.3 Å². The van der Waals surface area contributed by atoms with E-state index in [0.29, 0.717) is 28.0 Å². The summed E-state index contributed by atoms with van der Waals surface area (Å²) >= 11 is 0. The molecule has 0 heterocycles. The standard InChI is InChI=1S/C23H15N3O3/c24-14-19-6-1-2-7-20(19)16-29-23-8-4-3-5-18(23)13-21(15-25)17-9-11-22(12-10-17)26(27)28/h1-13H,16H2/b21-13-. The van der Waals surface area contributed by atoms with Crippen molar-refractivity contribution in [3.8, 4) is 17.9 Å². The SMILES string of the molecule is N#C/C(=C/c1ccccc1OCc1ccccc1C#N)c1ccc([N+](=O)[O-])cc1. The summed E-state index contributed by atoms with van der Waals surface area (Å²) in [5, 5.41) is 29.6. The Bertz CT molecular complexity index is 1150. The summed E-state index contributed by atoms with van der Waals surface area (Å²) in [5.41, 5.74) is 2.90. The predicted octanol–water partition coefficient (Wildman–Crippen LogP) is 5.11. The minimum Gasteiger partial charge on any atom is -0.488 e. The molecule has 0 N–H and O–H groups in total. The number of allylic oxidation sites excluding steroid dienone is 1. The van der Waals surface area contributed by atoms with Crippen LogP contribution in [-0.2, 0) is 6.61 Å². The van der Waals surface area contributed by atoms with Gasteiger partial charge in [0.2, 0.25) is 0 Å². The van der Waals surface area contributed by atoms with E-state index in [0.717, 1.165) is 5.56 Å². The fourth-order valence-electron chi connectivity index (χ4n) is 2.74. The van der Waals surface area contributed by atoms with Crippen LogP contribution in [0, 0.1) is 32.8 Å². The average molecular weight is 381 g/mol. The first-order chi connectivity index (χ1) is 14.1. The lowest BCUT2D eigenvalue weighted by molar-refractivity contribution is -0.384. The Hall–Kier alpha value is -4.42. The molecule has 0 spiro atoms. The van der Waals surface area contributed by atoms with E-state index in [1.165, 1.54) is 12.1 Å². The zero-order chi connectivity index (χ0) is 20.6. The molecule has 0 bridgehead atoms. The van der Waals surface area contributed by atoms with Gasteiger partial charge in [0.25, 0.3) is 5.69 Å². The van der Waals surface area contributed by atoms with Crippen LogP contribution in [0.4, 0.5) is 5.69 Å². The van der Waals surface area contributed by atoms with Crippen LogP contribution in [-0.4, -0.2) is 4.92 Å². The van der Waals surface area contributed by atoms with Crippen molar-refractivity contribution in [1.82, 2.24) is 0 Å². The molecule has 6 heteroatoms. The summed E-state index contributed by atoms with van der Waals surface area (Å²) in [6, 6.07) is 24.5. The zero-order valence-electron chi connectivity index (χ0n) is 15.3. The molecule has 0 radical (unpaired) electrons. The smallest absolute Gasteiger partial charge is 0.269 e. The molecule has 0 amide bonds. The number of para-hydroxylation sites is 1. The predicted molar refractivity (Wildman–Crippen MR) is 109 cm³/mol. The first-order valence-electron chi connectivity index (χ1n) is 8.69. The average Bonchev–Trinajstić information content (AvgIpc) is 2.77. The number of benzene rings is 3. The number of nitriles is 2. The summed E-state index contributed by atoms with van der Waals surface area (Å²) in [6.07, 6.45) is 1.67. The summed E-state index contributed by atoms with van der Waals surface area (Å²) in [5.74, 6) is 0.565. The Labute approximate surface area is 167 Å². The van der Waals surface area contributed by atoms with Gasteiger partial charge in [-0.2, -0.15) is 10.5 Å². The molecule has 0 unspecified atom stereocenters. The Morgan fingerprint density at radius 2 is 1.69 bits per heavy atom. The van der Waals surface area contributed by atoms with Crippen molar-refractivity contribution in [2.24, 2.45) is 0 Å². The number of nitrogens with zero attached hydrogens (tertiary/aromatic N) is 3. The Morgan fingerprint density at radius 1 is 1.00 bits per heavy atom. The van der Waals surface area contributed by atoms with Gasteiger partial charge in [0, 0.05) is 23.3 Å². The quantitative estimate of drug-likeness (QED) is 0.256. The van der Waals surface area contributed by atoms with E-state index in [1.54, 1.807) is 36.4 Å². The molecule has 0 aromatic heterocycles. The van der Waals surface area contributed by atoms with Crippen molar-refractivity contribution in [2.75, 3.05) is 0 Å². The van der Waals surface area contributed by atoms with Crippen molar-refractivity contribution in [2.45, 2.75) is 6.61 Å². The van der Waals surface area contributed by atoms with Gasteiger partial charge in [-0.05, 0) is 35.9 Å². The number of ether oxygens (including phenoxy) is 1. The van der Waals surface area contributed by atoms with Gasteiger partial charge in [-0.15, -0.1) is 0 Å². The van der Waals surface area contributed by atoms with E-state index < -0.39 is 4.92 Å². The van der Waals surface area contributed by atoms with Gasteiger partial charge < -0.3 is 4.74 Å². The molecule has 140 valence electrons. The largest absolute Gasteiger partial charge is 0.488 e.